The van der Waals surface area contributed by atoms with E-state index >= 15 is 0 Å². The van der Waals surface area contributed by atoms with Crippen LogP contribution in [0.2, 0.25) is 0 Å². The van der Waals surface area contributed by atoms with Gasteiger partial charge in [-0.1, -0.05) is 27.7 Å². The van der Waals surface area contributed by atoms with Gasteiger partial charge in [0.2, 0.25) is 0 Å². The molecule has 1 saturated heterocycles. The molecule has 2 heteroatoms. The van der Waals surface area contributed by atoms with Crippen LogP contribution in [0, 0.1) is 29.1 Å². The molecule has 0 aromatic rings. The number of carbonyl (C=O) groups is 1. The first-order chi connectivity index (χ1) is 8.47. The topological polar surface area (TPSA) is 29.1 Å². The van der Waals surface area contributed by atoms with E-state index in [0.29, 0.717) is 23.5 Å². The number of rotatable bonds is 3. The van der Waals surface area contributed by atoms with E-state index in [1.165, 1.54) is 6.42 Å². The Kier molecular flexibility index (Phi) is 4.15. The molecule has 1 aliphatic carbocycles. The van der Waals surface area contributed by atoms with Gasteiger partial charge in [0.1, 0.15) is 5.78 Å². The molecule has 4 atom stereocenters. The molecule has 0 amide bonds. The first kappa shape index (κ1) is 14.0. The third kappa shape index (κ3) is 2.36. The van der Waals surface area contributed by atoms with Gasteiger partial charge in [0, 0.05) is 17.9 Å². The lowest BCUT2D eigenvalue weighted by atomic mass is 9.64. The Morgan fingerprint density at radius 1 is 1.22 bits per heavy atom. The van der Waals surface area contributed by atoms with Crippen LogP contribution in [0.1, 0.15) is 53.4 Å². The van der Waals surface area contributed by atoms with Gasteiger partial charge in [-0.3, -0.25) is 4.79 Å². The fraction of sp³-hybridized carbons (Fsp3) is 0.938. The van der Waals surface area contributed by atoms with Gasteiger partial charge in [-0.25, -0.2) is 0 Å². The van der Waals surface area contributed by atoms with Gasteiger partial charge in [-0.2, -0.15) is 0 Å². The number of Topliss-reactive ketones (excluding diaryl/α,β-unsaturated/α-hetero) is 1. The molecule has 0 spiro atoms. The monoisotopic (exact) mass is 251 g/mol. The van der Waals surface area contributed by atoms with E-state index in [1.54, 1.807) is 0 Å². The molecule has 0 aromatic carbocycles. The Bertz CT molecular complexity index is 304. The van der Waals surface area contributed by atoms with E-state index < -0.39 is 0 Å². The van der Waals surface area contributed by atoms with E-state index in [0.717, 1.165) is 38.3 Å². The van der Waals surface area contributed by atoms with Crippen molar-refractivity contribution in [3.63, 3.8) is 0 Å². The summed E-state index contributed by atoms with van der Waals surface area (Å²) in [6, 6.07) is 0. The van der Waals surface area contributed by atoms with Crippen molar-refractivity contribution in [2.24, 2.45) is 29.1 Å². The van der Waals surface area contributed by atoms with Crippen molar-refractivity contribution in [3.05, 3.63) is 0 Å². The summed E-state index contributed by atoms with van der Waals surface area (Å²) in [5, 5.41) is 3.41. The molecule has 2 rings (SSSR count). The molecule has 1 heterocycles. The van der Waals surface area contributed by atoms with Crippen molar-refractivity contribution in [1.82, 2.24) is 5.32 Å². The third-order valence-electron chi connectivity index (χ3n) is 5.75. The average Bonchev–Trinajstić information content (AvgIpc) is 2.82. The Hall–Kier alpha value is -0.370. The predicted molar refractivity (Wildman–Crippen MR) is 75.4 cm³/mol. The maximum atomic E-state index is 13.0. The van der Waals surface area contributed by atoms with Gasteiger partial charge in [-0.15, -0.1) is 0 Å². The van der Waals surface area contributed by atoms with Crippen LogP contribution in [0.25, 0.3) is 0 Å². The van der Waals surface area contributed by atoms with Gasteiger partial charge >= 0.3 is 0 Å². The van der Waals surface area contributed by atoms with Crippen molar-refractivity contribution >= 4 is 5.78 Å². The van der Waals surface area contributed by atoms with Crippen LogP contribution in [0.15, 0.2) is 0 Å². The molecule has 4 unspecified atom stereocenters. The van der Waals surface area contributed by atoms with Gasteiger partial charge < -0.3 is 5.32 Å². The summed E-state index contributed by atoms with van der Waals surface area (Å²) in [6.45, 7) is 11.0. The van der Waals surface area contributed by atoms with Crippen LogP contribution >= 0.6 is 0 Å². The lowest BCUT2D eigenvalue weighted by Gasteiger charge is -2.38. The van der Waals surface area contributed by atoms with E-state index in [9.17, 15) is 4.79 Å². The fourth-order valence-corrected chi connectivity index (χ4v) is 3.89. The summed E-state index contributed by atoms with van der Waals surface area (Å²) in [5.74, 6) is 2.88. The van der Waals surface area contributed by atoms with Gasteiger partial charge in [0.05, 0.1) is 0 Å². The largest absolute Gasteiger partial charge is 0.316 e. The maximum Gasteiger partial charge on any atom is 0.143 e. The van der Waals surface area contributed by atoms with Crippen molar-refractivity contribution in [2.45, 2.75) is 53.4 Å². The summed E-state index contributed by atoms with van der Waals surface area (Å²) in [4.78, 5) is 13.0. The highest BCUT2D eigenvalue weighted by Crippen LogP contribution is 2.43. The van der Waals surface area contributed by atoms with Crippen LogP contribution in [0.4, 0.5) is 0 Å². The number of carbonyl (C=O) groups excluding carboxylic acids is 1. The van der Waals surface area contributed by atoms with E-state index in [-0.39, 0.29) is 5.41 Å². The molecule has 2 fully saturated rings. The standard InChI is InChI=1S/C16H29NO/c1-11(2)16(7-8-17-10-16)15(18)14-6-5-12(3)13(4)9-14/h11-14,17H,5-10H2,1-4H3. The second-order valence-corrected chi connectivity index (χ2v) is 7.07. The first-order valence-electron chi connectivity index (χ1n) is 7.72. The van der Waals surface area contributed by atoms with Crippen molar-refractivity contribution in [2.75, 3.05) is 13.1 Å². The zero-order valence-electron chi connectivity index (χ0n) is 12.5. The minimum Gasteiger partial charge on any atom is -0.316 e. The third-order valence-corrected chi connectivity index (χ3v) is 5.75. The summed E-state index contributed by atoms with van der Waals surface area (Å²) >= 11 is 0. The summed E-state index contributed by atoms with van der Waals surface area (Å²) in [7, 11) is 0. The van der Waals surface area contributed by atoms with Crippen molar-refractivity contribution in [1.29, 1.82) is 0 Å². The SMILES string of the molecule is CC1CCC(C(=O)C2(C(C)C)CCNC2)CC1C. The molecule has 0 radical (unpaired) electrons. The minimum absolute atomic E-state index is 0.0645. The van der Waals surface area contributed by atoms with Crippen LogP contribution in [-0.4, -0.2) is 18.9 Å². The normalized spacial score (nSPS) is 41.3. The average molecular weight is 251 g/mol. The van der Waals surface area contributed by atoms with Crippen LogP contribution in [-0.2, 0) is 4.79 Å². The zero-order chi connectivity index (χ0) is 13.3. The molecule has 104 valence electrons. The Labute approximate surface area is 112 Å². The number of hydrogen-bond acceptors (Lipinski definition) is 2. The smallest absolute Gasteiger partial charge is 0.143 e. The number of ketones is 1. The Balaban J connectivity index is 2.10. The van der Waals surface area contributed by atoms with Gasteiger partial charge in [-0.05, 0) is 50.0 Å². The highest BCUT2D eigenvalue weighted by atomic mass is 16.1. The van der Waals surface area contributed by atoms with Gasteiger partial charge in [0.15, 0.2) is 0 Å². The number of nitrogens with one attached hydrogen (secondary N) is 1. The summed E-state index contributed by atoms with van der Waals surface area (Å²) in [6.07, 6.45) is 4.52. The quantitative estimate of drug-likeness (QED) is 0.834. The van der Waals surface area contributed by atoms with E-state index in [2.05, 4.69) is 33.0 Å². The molecule has 0 bridgehead atoms. The van der Waals surface area contributed by atoms with Crippen LogP contribution < -0.4 is 5.32 Å². The zero-order valence-corrected chi connectivity index (χ0v) is 12.5. The molecule has 2 aliphatic rings. The number of hydrogen-bond donors (Lipinski definition) is 1. The summed E-state index contributed by atoms with van der Waals surface area (Å²) in [5.41, 5.74) is -0.0645. The van der Waals surface area contributed by atoms with Crippen molar-refractivity contribution in [3.8, 4) is 0 Å². The van der Waals surface area contributed by atoms with Crippen LogP contribution in [0.3, 0.4) is 0 Å². The molecule has 18 heavy (non-hydrogen) atoms. The first-order valence-corrected chi connectivity index (χ1v) is 7.72. The highest BCUT2D eigenvalue weighted by molar-refractivity contribution is 5.88. The van der Waals surface area contributed by atoms with Gasteiger partial charge in [0.25, 0.3) is 0 Å². The minimum atomic E-state index is -0.0645. The predicted octanol–water partition coefficient (Wildman–Crippen LogP) is 3.26. The maximum absolute atomic E-state index is 13.0. The second kappa shape index (κ2) is 5.32. The molecule has 1 saturated carbocycles. The van der Waals surface area contributed by atoms with Crippen molar-refractivity contribution < 1.29 is 4.79 Å². The lowest BCUT2D eigenvalue weighted by molar-refractivity contribution is -0.136. The second-order valence-electron chi connectivity index (χ2n) is 7.07. The lowest BCUT2D eigenvalue weighted by Crippen LogP contribution is -2.44. The Morgan fingerprint density at radius 2 is 1.94 bits per heavy atom. The van der Waals surface area contributed by atoms with E-state index in [1.807, 2.05) is 0 Å². The molecular formula is C16H29NO. The molecule has 1 aliphatic heterocycles. The molecule has 2 nitrogen and oxygen atoms in total. The highest BCUT2D eigenvalue weighted by Gasteiger charge is 2.47. The van der Waals surface area contributed by atoms with Crippen LogP contribution in [0.5, 0.6) is 0 Å². The molecular weight excluding hydrogens is 222 g/mol. The molecule has 0 aromatic heterocycles. The molecule has 1 N–H and O–H groups in total. The fourth-order valence-electron chi connectivity index (χ4n) is 3.89. The van der Waals surface area contributed by atoms with E-state index in [4.69, 9.17) is 0 Å². The Morgan fingerprint density at radius 3 is 2.44 bits per heavy atom. The summed E-state index contributed by atoms with van der Waals surface area (Å²) < 4.78 is 0.